The second kappa shape index (κ2) is 20.3. The summed E-state index contributed by atoms with van der Waals surface area (Å²) in [6, 6.07) is 0. The number of sulfonamides is 2. The Balaban J connectivity index is -0.000000276. The Bertz CT molecular complexity index is 1750. The Morgan fingerprint density at radius 3 is 1.24 bits per heavy atom. The largest absolute Gasteiger partial charge is 1.00 e. The zero-order valence-electron chi connectivity index (χ0n) is 25.4. The summed E-state index contributed by atoms with van der Waals surface area (Å²) >= 11 is 0. The van der Waals surface area contributed by atoms with Crippen molar-refractivity contribution in [1.29, 1.82) is 5.53 Å². The third kappa shape index (κ3) is 18.4. The molecule has 0 aliphatic carbocycles. The molecule has 0 aromatic heterocycles. The molecule has 0 aromatic carbocycles. The maximum Gasteiger partial charge on any atom is 1.00 e. The molecule has 4 atom stereocenters. The molecule has 46 heavy (non-hydrogen) atoms. The summed E-state index contributed by atoms with van der Waals surface area (Å²) in [6.45, 7) is 2.79. The topological polar surface area (TPSA) is 279 Å². The van der Waals surface area contributed by atoms with Crippen LogP contribution in [-0.2, 0) is 60.6 Å². The molecular weight excluding hydrogens is 767 g/mol. The van der Waals surface area contributed by atoms with E-state index in [0.717, 1.165) is 18.2 Å². The van der Waals surface area contributed by atoms with Crippen LogP contribution in [0.1, 0.15) is 20.8 Å². The van der Waals surface area contributed by atoms with Crippen LogP contribution >= 0.6 is 0 Å². The molecule has 0 aromatic rings. The standard InChI is InChI=1S/C8H17F6N5O6S4.C4H11FN2O3S2.2Li.HN3/c1-5-18(3)28(24,15-26(20,21)7(9,10)11)17-29(25,19(4)6-2)16-27(22,23)8(12,13)14;1-4-7(2)12(5,10)6-11(3,8)9;;;1-3-2/h5-6H2,1-4H3,(H,15,16,17,20,21,24,25);4H2,1-3H3;;;1H/q;;2*+1;/p-1. The number of nitrogens with one attached hydrogen (secondary N) is 1. The predicted molar refractivity (Wildman–Crippen MR) is 144 cm³/mol. The van der Waals surface area contributed by atoms with Crippen molar-refractivity contribution in [3.8, 4) is 0 Å². The summed E-state index contributed by atoms with van der Waals surface area (Å²) in [4.78, 5) is 1.75. The average Bonchev–Trinajstić information content (AvgIpc) is 2.79. The van der Waals surface area contributed by atoms with Crippen molar-refractivity contribution in [3.63, 3.8) is 0 Å². The molecule has 0 bridgehead atoms. The summed E-state index contributed by atoms with van der Waals surface area (Å²) < 4.78 is 201. The van der Waals surface area contributed by atoms with Gasteiger partial charge >= 0.3 is 58.8 Å². The SMILES string of the molecule is CCN(C)S(=O)(=NS(=O)(=O)C(F)(F)F)N=S(=O)(N=S(=O)([O-])C(F)(F)F)N(C)CC.CCN(C)S(=O)(F)=NS(C)(=O)=O.[Li+].[Li+].[N-]=[N+]=N. The van der Waals surface area contributed by atoms with Crippen molar-refractivity contribution in [2.45, 2.75) is 31.8 Å². The molecule has 19 nitrogen and oxygen atoms in total. The van der Waals surface area contributed by atoms with Crippen LogP contribution in [0.4, 0.5) is 30.2 Å². The maximum atomic E-state index is 12.9. The van der Waals surface area contributed by atoms with E-state index in [1.807, 2.05) is 0 Å². The van der Waals surface area contributed by atoms with E-state index in [9.17, 15) is 68.5 Å². The van der Waals surface area contributed by atoms with E-state index in [4.69, 9.17) is 11.1 Å². The number of hydrogen-bond donors (Lipinski definition) is 1. The van der Waals surface area contributed by atoms with Gasteiger partial charge in [-0.1, -0.05) is 32.1 Å². The molecule has 0 rings (SSSR count). The third-order valence-electron chi connectivity index (χ3n) is 3.93. The summed E-state index contributed by atoms with van der Waals surface area (Å²) in [7, 11) is -29.1. The molecule has 0 fully saturated rings. The fraction of sp³-hybridized carbons (Fsp3) is 1.00. The first-order valence-electron chi connectivity index (χ1n) is 10.4. The van der Waals surface area contributed by atoms with Crippen LogP contribution in [0.2, 0.25) is 0 Å². The van der Waals surface area contributed by atoms with E-state index in [-0.39, 0.29) is 52.9 Å². The van der Waals surface area contributed by atoms with E-state index in [0.29, 0.717) is 20.4 Å². The molecule has 4 unspecified atom stereocenters. The van der Waals surface area contributed by atoms with Crippen molar-refractivity contribution in [3.05, 3.63) is 10.4 Å². The summed E-state index contributed by atoms with van der Waals surface area (Å²) in [5.41, 5.74) is 0.0962. The van der Waals surface area contributed by atoms with Crippen LogP contribution < -0.4 is 37.7 Å². The second-order valence-corrected chi connectivity index (χ2v) is 18.5. The van der Waals surface area contributed by atoms with Gasteiger partial charge in [0.25, 0.3) is 20.3 Å². The Kier molecular flexibility index (Phi) is 24.2. The summed E-state index contributed by atoms with van der Waals surface area (Å²) in [5, 5.41) is 0. The van der Waals surface area contributed by atoms with Crippen LogP contribution in [0.5, 0.6) is 0 Å². The zero-order chi connectivity index (χ0) is 36.4. The van der Waals surface area contributed by atoms with Crippen LogP contribution in [0.3, 0.4) is 0 Å². The fourth-order valence-corrected chi connectivity index (χ4v) is 10.5. The minimum Gasteiger partial charge on any atom is -0.757 e. The minimum atomic E-state index is -6.53. The average molecular weight is 796 g/mol. The van der Waals surface area contributed by atoms with Gasteiger partial charge in [-0.3, -0.25) is 4.21 Å². The predicted octanol–water partition coefficient (Wildman–Crippen LogP) is -3.50. The van der Waals surface area contributed by atoms with Crippen LogP contribution in [0.15, 0.2) is 15.1 Å². The Labute approximate surface area is 287 Å². The Morgan fingerprint density at radius 2 is 1.00 bits per heavy atom. The monoisotopic (exact) mass is 795 g/mol. The van der Waals surface area contributed by atoms with Crippen molar-refractivity contribution in [2.24, 2.45) is 15.1 Å². The second-order valence-electron chi connectivity index (χ2n) is 7.17. The molecular formula is C12H28F7Li2N10O9S6+. The number of alkyl halides is 6. The van der Waals surface area contributed by atoms with Gasteiger partial charge in [0.2, 0.25) is 20.2 Å². The van der Waals surface area contributed by atoms with Crippen molar-refractivity contribution < 1.29 is 106 Å². The van der Waals surface area contributed by atoms with Gasteiger partial charge in [0.15, 0.2) is 0 Å². The molecule has 0 spiro atoms. The van der Waals surface area contributed by atoms with Crippen LogP contribution in [0.25, 0.3) is 10.4 Å². The quantitative estimate of drug-likeness (QED) is 0.0573. The minimum absolute atomic E-state index is 0. The molecule has 266 valence electrons. The molecule has 0 aliphatic rings. The van der Waals surface area contributed by atoms with Gasteiger partial charge < -0.3 is 4.55 Å². The van der Waals surface area contributed by atoms with Gasteiger partial charge in [0.05, 0.1) is 6.26 Å². The Hall–Kier alpha value is -0.445. The van der Waals surface area contributed by atoms with E-state index >= 15 is 0 Å². The maximum absolute atomic E-state index is 12.9. The van der Waals surface area contributed by atoms with Gasteiger partial charge in [0, 0.05) is 40.8 Å². The molecule has 0 saturated carbocycles. The number of halogens is 7. The van der Waals surface area contributed by atoms with Gasteiger partial charge in [0.1, 0.15) is 10.0 Å². The summed E-state index contributed by atoms with van der Waals surface area (Å²) in [5.74, 6) is 0. The van der Waals surface area contributed by atoms with E-state index < -0.39 is 84.7 Å². The number of nitrogens with zero attached hydrogens (tertiary/aromatic N) is 9. The van der Waals surface area contributed by atoms with Gasteiger partial charge in [-0.2, -0.15) is 43.3 Å². The smallest absolute Gasteiger partial charge is 0.757 e. The van der Waals surface area contributed by atoms with Gasteiger partial charge in [-0.05, 0) is 10.4 Å². The van der Waals surface area contributed by atoms with E-state index in [2.05, 4.69) is 15.1 Å². The van der Waals surface area contributed by atoms with Crippen molar-refractivity contribution >= 4 is 60.6 Å². The van der Waals surface area contributed by atoms with E-state index in [1.165, 1.54) is 14.0 Å². The number of hydrogen-bond acceptors (Lipinski definition) is 10. The molecule has 0 saturated heterocycles. The first-order chi connectivity index (χ1) is 19.2. The third-order valence-corrected chi connectivity index (χ3v) is 14.8. The van der Waals surface area contributed by atoms with Gasteiger partial charge in [-0.25, -0.2) is 25.4 Å². The Morgan fingerprint density at radius 1 is 0.696 bits per heavy atom. The van der Waals surface area contributed by atoms with Crippen molar-refractivity contribution in [1.82, 2.24) is 12.9 Å². The van der Waals surface area contributed by atoms with Crippen LogP contribution in [0, 0.1) is 5.53 Å². The molecule has 0 radical (unpaired) electrons. The number of rotatable bonds is 10. The molecule has 1 N–H and O–H groups in total. The molecule has 0 aliphatic heterocycles. The van der Waals surface area contributed by atoms with Crippen molar-refractivity contribution in [2.75, 3.05) is 47.0 Å². The van der Waals surface area contributed by atoms with E-state index in [1.54, 1.807) is 4.91 Å². The molecule has 34 heteroatoms. The van der Waals surface area contributed by atoms with Gasteiger partial charge in [-0.15, -0.1) is 13.2 Å². The molecule has 0 heterocycles. The first kappa shape index (κ1) is 55.0. The normalized spacial score (nSPS) is 17.3. The van der Waals surface area contributed by atoms with Crippen LogP contribution in [-0.4, -0.2) is 109 Å². The summed E-state index contributed by atoms with van der Waals surface area (Å²) in [6.07, 6.45) is 0.690. The zero-order valence-corrected chi connectivity index (χ0v) is 30.3. The first-order valence-corrected chi connectivity index (χ1v) is 19.4. The fourth-order valence-electron chi connectivity index (χ4n) is 1.44. The molecule has 0 amide bonds.